The summed E-state index contributed by atoms with van der Waals surface area (Å²) in [7, 11) is 0. The first kappa shape index (κ1) is 16.1. The second-order valence-corrected chi connectivity index (χ2v) is 6.18. The number of halogens is 1. The molecule has 1 aromatic heterocycles. The normalized spacial score (nSPS) is 17.6. The second kappa shape index (κ2) is 6.42. The van der Waals surface area contributed by atoms with Crippen LogP contribution in [0.4, 0.5) is 5.82 Å². The van der Waals surface area contributed by atoms with Gasteiger partial charge in [0, 0.05) is 43.7 Å². The molecule has 0 aliphatic carbocycles. The summed E-state index contributed by atoms with van der Waals surface area (Å²) in [5.74, 6) is 2.66. The smallest absolute Gasteiger partial charge is 0.231 e. The summed E-state index contributed by atoms with van der Waals surface area (Å²) in [6.07, 6.45) is 0. The molecule has 5 nitrogen and oxygen atoms in total. The third kappa shape index (κ3) is 3.03. The molecule has 0 atom stereocenters. The zero-order valence-corrected chi connectivity index (χ0v) is 14.3. The van der Waals surface area contributed by atoms with Gasteiger partial charge < -0.3 is 14.4 Å². The monoisotopic (exact) mass is 335 g/mol. The average molecular weight is 336 g/mol. The van der Waals surface area contributed by atoms with Crippen molar-refractivity contribution in [2.24, 2.45) is 0 Å². The zero-order chi connectivity index (χ0) is 15.1. The molecule has 2 aliphatic rings. The molecular weight excluding hydrogens is 314 g/mol. The molecule has 1 fully saturated rings. The molecule has 2 aromatic rings. The number of aromatic nitrogens is 1. The van der Waals surface area contributed by atoms with Crippen molar-refractivity contribution in [1.82, 2.24) is 9.88 Å². The van der Waals surface area contributed by atoms with Gasteiger partial charge in [0.05, 0.1) is 5.52 Å². The molecule has 0 bridgehead atoms. The fourth-order valence-electron chi connectivity index (χ4n) is 3.15. The molecule has 0 saturated carbocycles. The van der Waals surface area contributed by atoms with Gasteiger partial charge in [-0.1, -0.05) is 0 Å². The number of hydrogen-bond acceptors (Lipinski definition) is 5. The van der Waals surface area contributed by atoms with Crippen LogP contribution < -0.4 is 14.4 Å². The van der Waals surface area contributed by atoms with E-state index in [1.807, 2.05) is 12.1 Å². The summed E-state index contributed by atoms with van der Waals surface area (Å²) in [4.78, 5) is 9.69. The Balaban J connectivity index is 0.00000156. The summed E-state index contributed by atoms with van der Waals surface area (Å²) in [5, 5.41) is 1.09. The Hall–Kier alpha value is -1.72. The van der Waals surface area contributed by atoms with E-state index in [-0.39, 0.29) is 12.4 Å². The SMILES string of the molecule is CC(C)N1CCN(c2ccc3cc4c(cc3n2)OCO4)CC1.Cl. The van der Waals surface area contributed by atoms with Crippen molar-refractivity contribution in [3.63, 3.8) is 0 Å². The summed E-state index contributed by atoms with van der Waals surface area (Å²) < 4.78 is 10.9. The molecule has 2 aliphatic heterocycles. The number of anilines is 1. The zero-order valence-electron chi connectivity index (χ0n) is 13.5. The van der Waals surface area contributed by atoms with Gasteiger partial charge in [0.1, 0.15) is 5.82 Å². The van der Waals surface area contributed by atoms with E-state index in [9.17, 15) is 0 Å². The molecule has 0 unspecified atom stereocenters. The molecule has 0 N–H and O–H groups in total. The van der Waals surface area contributed by atoms with Gasteiger partial charge in [-0.2, -0.15) is 0 Å². The van der Waals surface area contributed by atoms with Crippen LogP contribution in [0.2, 0.25) is 0 Å². The summed E-state index contributed by atoms with van der Waals surface area (Å²) in [5.41, 5.74) is 0.966. The van der Waals surface area contributed by atoms with Crippen LogP contribution in [0.15, 0.2) is 24.3 Å². The molecular formula is C17H22ClN3O2. The fraction of sp³-hybridized carbons (Fsp3) is 0.471. The van der Waals surface area contributed by atoms with Crippen LogP contribution in [0, 0.1) is 0 Å². The number of hydrogen-bond donors (Lipinski definition) is 0. The van der Waals surface area contributed by atoms with E-state index in [2.05, 4.69) is 35.8 Å². The van der Waals surface area contributed by atoms with Gasteiger partial charge in [0.2, 0.25) is 6.79 Å². The highest BCUT2D eigenvalue weighted by atomic mass is 35.5. The van der Waals surface area contributed by atoms with Gasteiger partial charge in [0.25, 0.3) is 0 Å². The van der Waals surface area contributed by atoms with Crippen LogP contribution in [-0.2, 0) is 0 Å². The lowest BCUT2D eigenvalue weighted by Gasteiger charge is -2.37. The van der Waals surface area contributed by atoms with E-state index in [1.54, 1.807) is 0 Å². The third-order valence-corrected chi connectivity index (χ3v) is 4.54. The number of fused-ring (bicyclic) bond motifs is 2. The van der Waals surface area contributed by atoms with Gasteiger partial charge in [-0.15, -0.1) is 12.4 Å². The number of pyridine rings is 1. The van der Waals surface area contributed by atoms with Gasteiger partial charge in [-0.25, -0.2) is 4.98 Å². The van der Waals surface area contributed by atoms with Crippen LogP contribution >= 0.6 is 12.4 Å². The van der Waals surface area contributed by atoms with E-state index in [1.165, 1.54) is 0 Å². The highest BCUT2D eigenvalue weighted by molar-refractivity contribution is 5.85. The first-order valence-electron chi connectivity index (χ1n) is 7.90. The van der Waals surface area contributed by atoms with E-state index in [4.69, 9.17) is 14.5 Å². The fourth-order valence-corrected chi connectivity index (χ4v) is 3.15. The maximum Gasteiger partial charge on any atom is 0.231 e. The molecule has 0 amide bonds. The standard InChI is InChI=1S/C17H21N3O2.ClH/c1-12(2)19-5-7-20(8-6-19)17-4-3-13-9-15-16(22-11-21-15)10-14(13)18-17;/h3-4,9-10,12H,5-8,11H2,1-2H3;1H. The topological polar surface area (TPSA) is 37.8 Å². The lowest BCUT2D eigenvalue weighted by molar-refractivity contribution is 0.174. The van der Waals surface area contributed by atoms with Crippen molar-refractivity contribution in [2.45, 2.75) is 19.9 Å². The quantitative estimate of drug-likeness (QED) is 0.843. The van der Waals surface area contributed by atoms with Crippen molar-refractivity contribution >= 4 is 29.1 Å². The van der Waals surface area contributed by atoms with Gasteiger partial charge >= 0.3 is 0 Å². The Bertz CT molecular complexity index is 700. The summed E-state index contributed by atoms with van der Waals surface area (Å²) in [6.45, 7) is 9.06. The Morgan fingerprint density at radius 1 is 1.00 bits per heavy atom. The van der Waals surface area contributed by atoms with Crippen LogP contribution in [0.3, 0.4) is 0 Å². The molecule has 0 radical (unpaired) electrons. The predicted octanol–water partition coefficient (Wildman–Crippen LogP) is 2.92. The third-order valence-electron chi connectivity index (χ3n) is 4.54. The van der Waals surface area contributed by atoms with Crippen LogP contribution in [0.25, 0.3) is 10.9 Å². The van der Waals surface area contributed by atoms with E-state index in [0.29, 0.717) is 12.8 Å². The maximum atomic E-state index is 5.45. The number of benzene rings is 1. The van der Waals surface area contributed by atoms with Gasteiger partial charge in [-0.05, 0) is 32.0 Å². The largest absolute Gasteiger partial charge is 0.454 e. The molecule has 3 heterocycles. The van der Waals surface area contributed by atoms with E-state index in [0.717, 1.165) is 54.4 Å². The number of piperazine rings is 1. The highest BCUT2D eigenvalue weighted by Gasteiger charge is 2.20. The van der Waals surface area contributed by atoms with E-state index >= 15 is 0 Å². The lowest BCUT2D eigenvalue weighted by atomic mass is 10.2. The minimum Gasteiger partial charge on any atom is -0.454 e. The molecule has 6 heteroatoms. The van der Waals surface area contributed by atoms with Crippen molar-refractivity contribution in [3.05, 3.63) is 24.3 Å². The van der Waals surface area contributed by atoms with Crippen molar-refractivity contribution < 1.29 is 9.47 Å². The van der Waals surface area contributed by atoms with Crippen LogP contribution in [-0.4, -0.2) is 48.9 Å². The lowest BCUT2D eigenvalue weighted by Crippen LogP contribution is -2.49. The van der Waals surface area contributed by atoms with Crippen molar-refractivity contribution in [1.29, 1.82) is 0 Å². The molecule has 23 heavy (non-hydrogen) atoms. The van der Waals surface area contributed by atoms with Gasteiger partial charge in [-0.3, -0.25) is 4.90 Å². The highest BCUT2D eigenvalue weighted by Crippen LogP contribution is 2.36. The summed E-state index contributed by atoms with van der Waals surface area (Å²) >= 11 is 0. The molecule has 0 spiro atoms. The average Bonchev–Trinajstić information content (AvgIpc) is 2.99. The Kier molecular flexibility index (Phi) is 4.50. The molecule has 1 aromatic carbocycles. The number of rotatable bonds is 2. The van der Waals surface area contributed by atoms with Crippen molar-refractivity contribution in [2.75, 3.05) is 37.9 Å². The Morgan fingerprint density at radius 2 is 1.70 bits per heavy atom. The van der Waals surface area contributed by atoms with Gasteiger partial charge in [0.15, 0.2) is 11.5 Å². The molecule has 124 valence electrons. The number of nitrogens with zero attached hydrogens (tertiary/aromatic N) is 3. The molecule has 4 rings (SSSR count). The van der Waals surface area contributed by atoms with E-state index < -0.39 is 0 Å². The molecule has 1 saturated heterocycles. The predicted molar refractivity (Wildman–Crippen MR) is 94.0 cm³/mol. The Labute approximate surface area is 142 Å². The van der Waals surface area contributed by atoms with Crippen LogP contribution in [0.5, 0.6) is 11.5 Å². The first-order valence-corrected chi connectivity index (χ1v) is 7.90. The minimum absolute atomic E-state index is 0. The first-order chi connectivity index (χ1) is 10.7. The maximum absolute atomic E-state index is 5.45. The summed E-state index contributed by atoms with van der Waals surface area (Å²) in [6, 6.07) is 8.83. The second-order valence-electron chi connectivity index (χ2n) is 6.18. The Morgan fingerprint density at radius 3 is 2.39 bits per heavy atom. The minimum atomic E-state index is 0. The van der Waals surface area contributed by atoms with Crippen molar-refractivity contribution in [3.8, 4) is 11.5 Å². The number of ether oxygens (including phenoxy) is 2. The van der Waals surface area contributed by atoms with Crippen LogP contribution in [0.1, 0.15) is 13.8 Å².